The molecule has 0 bridgehead atoms. The highest BCUT2D eigenvalue weighted by Crippen LogP contribution is 2.25. The summed E-state index contributed by atoms with van der Waals surface area (Å²) in [6.07, 6.45) is 3.40. The average Bonchev–Trinajstić information content (AvgIpc) is 2.72. The van der Waals surface area contributed by atoms with E-state index in [1.807, 2.05) is 13.8 Å². The number of benzene rings is 1. The normalized spacial score (nSPS) is 11.6. The summed E-state index contributed by atoms with van der Waals surface area (Å²) >= 11 is 1.51. The molecule has 3 nitrogen and oxygen atoms in total. The average molecular weight is 300 g/mol. The largest absolute Gasteiger partial charge is 0.306 e. The summed E-state index contributed by atoms with van der Waals surface area (Å²) in [5, 5.41) is 0.653. The number of aromatic amines is 1. The van der Waals surface area contributed by atoms with Crippen molar-refractivity contribution in [1.29, 1.82) is 0 Å². The van der Waals surface area contributed by atoms with Crippen molar-refractivity contribution in [2.24, 2.45) is 0 Å². The number of halogens is 1. The van der Waals surface area contributed by atoms with Crippen molar-refractivity contribution in [1.82, 2.24) is 9.97 Å². The second-order valence-corrected chi connectivity index (χ2v) is 6.01. The van der Waals surface area contributed by atoms with Crippen LogP contribution in [0.15, 0.2) is 29.1 Å². The van der Waals surface area contributed by atoms with Gasteiger partial charge < -0.3 is 4.98 Å². The van der Waals surface area contributed by atoms with E-state index in [9.17, 15) is 9.18 Å². The van der Waals surface area contributed by atoms with Crippen molar-refractivity contribution in [3.05, 3.63) is 62.3 Å². The van der Waals surface area contributed by atoms with Gasteiger partial charge in [-0.15, -0.1) is 11.3 Å². The lowest BCUT2D eigenvalue weighted by Gasteiger charge is -1.96. The fourth-order valence-electron chi connectivity index (χ4n) is 2.14. The van der Waals surface area contributed by atoms with Gasteiger partial charge in [0.25, 0.3) is 5.56 Å². The van der Waals surface area contributed by atoms with Crippen LogP contribution < -0.4 is 5.56 Å². The van der Waals surface area contributed by atoms with E-state index >= 15 is 0 Å². The molecule has 0 fully saturated rings. The molecule has 21 heavy (non-hydrogen) atoms. The molecule has 0 saturated carbocycles. The minimum Gasteiger partial charge on any atom is -0.306 e. The Labute approximate surface area is 124 Å². The van der Waals surface area contributed by atoms with Gasteiger partial charge in [0.1, 0.15) is 16.5 Å². The van der Waals surface area contributed by atoms with Crippen molar-refractivity contribution in [3.8, 4) is 0 Å². The number of rotatable bonds is 2. The van der Waals surface area contributed by atoms with Crippen LogP contribution in [0.4, 0.5) is 4.39 Å². The van der Waals surface area contributed by atoms with Crippen LogP contribution in [0.25, 0.3) is 22.4 Å². The van der Waals surface area contributed by atoms with E-state index < -0.39 is 0 Å². The lowest BCUT2D eigenvalue weighted by atomic mass is 10.2. The van der Waals surface area contributed by atoms with Gasteiger partial charge in [0, 0.05) is 4.88 Å². The number of aryl methyl sites for hydroxylation is 2. The zero-order valence-electron chi connectivity index (χ0n) is 11.6. The van der Waals surface area contributed by atoms with E-state index in [1.54, 1.807) is 24.3 Å². The number of nitrogens with zero attached hydrogens (tertiary/aromatic N) is 1. The molecule has 2 aromatic heterocycles. The summed E-state index contributed by atoms with van der Waals surface area (Å²) in [5.41, 5.74) is 1.56. The highest BCUT2D eigenvalue weighted by atomic mass is 32.1. The van der Waals surface area contributed by atoms with E-state index in [1.165, 1.54) is 23.5 Å². The summed E-state index contributed by atoms with van der Waals surface area (Å²) in [6.45, 7) is 3.90. The van der Waals surface area contributed by atoms with Crippen LogP contribution in [0.2, 0.25) is 0 Å². The number of aromatic nitrogens is 2. The van der Waals surface area contributed by atoms with Crippen LogP contribution in [0.5, 0.6) is 0 Å². The SMILES string of the molecule is Cc1sc2nc(/C=C\c3cccc(F)c3)[nH]c(=O)c2c1C. The third kappa shape index (κ3) is 2.64. The molecule has 0 atom stereocenters. The number of fused-ring (bicyclic) bond motifs is 1. The molecule has 1 N–H and O–H groups in total. The Morgan fingerprint density at radius 1 is 1.29 bits per heavy atom. The minimum atomic E-state index is -0.293. The monoisotopic (exact) mass is 300 g/mol. The predicted molar refractivity (Wildman–Crippen MR) is 85.0 cm³/mol. The second kappa shape index (κ2) is 5.26. The zero-order chi connectivity index (χ0) is 15.0. The van der Waals surface area contributed by atoms with Gasteiger partial charge in [-0.3, -0.25) is 4.79 Å². The van der Waals surface area contributed by atoms with Gasteiger partial charge in [0.05, 0.1) is 5.39 Å². The quantitative estimate of drug-likeness (QED) is 0.780. The molecular formula is C16H13FN2OS. The molecule has 3 aromatic rings. The Bertz CT molecular complexity index is 908. The molecule has 3 rings (SSSR count). The van der Waals surface area contributed by atoms with Crippen LogP contribution in [0.1, 0.15) is 21.8 Å². The highest BCUT2D eigenvalue weighted by molar-refractivity contribution is 7.18. The summed E-state index contributed by atoms with van der Waals surface area (Å²) in [4.78, 5) is 21.1. The summed E-state index contributed by atoms with van der Waals surface area (Å²) < 4.78 is 13.1. The minimum absolute atomic E-state index is 0.138. The molecule has 0 aliphatic rings. The van der Waals surface area contributed by atoms with Gasteiger partial charge in [0.2, 0.25) is 0 Å². The van der Waals surface area contributed by atoms with Crippen molar-refractivity contribution in [2.75, 3.05) is 0 Å². The maximum atomic E-state index is 13.1. The van der Waals surface area contributed by atoms with E-state index in [2.05, 4.69) is 9.97 Å². The molecule has 5 heteroatoms. The van der Waals surface area contributed by atoms with Gasteiger partial charge in [-0.1, -0.05) is 18.2 Å². The van der Waals surface area contributed by atoms with E-state index in [0.717, 1.165) is 20.8 Å². The Hall–Kier alpha value is -2.27. The Kier molecular flexibility index (Phi) is 3.43. The van der Waals surface area contributed by atoms with Gasteiger partial charge in [-0.25, -0.2) is 9.37 Å². The molecule has 0 aliphatic heterocycles. The van der Waals surface area contributed by atoms with Gasteiger partial charge >= 0.3 is 0 Å². The van der Waals surface area contributed by atoms with Crippen molar-refractivity contribution >= 4 is 33.7 Å². The van der Waals surface area contributed by atoms with Crippen molar-refractivity contribution in [2.45, 2.75) is 13.8 Å². The van der Waals surface area contributed by atoms with Crippen LogP contribution in [-0.2, 0) is 0 Å². The molecule has 1 aromatic carbocycles. The van der Waals surface area contributed by atoms with Crippen LogP contribution in [0, 0.1) is 19.7 Å². The number of nitrogens with one attached hydrogen (secondary N) is 1. The molecule has 0 spiro atoms. The van der Waals surface area contributed by atoms with E-state index in [-0.39, 0.29) is 11.4 Å². The van der Waals surface area contributed by atoms with Crippen LogP contribution >= 0.6 is 11.3 Å². The Balaban J connectivity index is 2.04. The molecule has 0 saturated heterocycles. The first-order chi connectivity index (χ1) is 10.0. The lowest BCUT2D eigenvalue weighted by Crippen LogP contribution is -2.09. The van der Waals surface area contributed by atoms with Gasteiger partial charge in [-0.05, 0) is 43.2 Å². The third-order valence-corrected chi connectivity index (χ3v) is 4.44. The second-order valence-electron chi connectivity index (χ2n) is 4.80. The highest BCUT2D eigenvalue weighted by Gasteiger charge is 2.10. The van der Waals surface area contributed by atoms with Crippen LogP contribution in [0.3, 0.4) is 0 Å². The number of H-pyrrole nitrogens is 1. The molecule has 2 heterocycles. The summed E-state index contributed by atoms with van der Waals surface area (Å²) in [5.74, 6) is 0.177. The zero-order valence-corrected chi connectivity index (χ0v) is 12.4. The Morgan fingerprint density at radius 2 is 2.10 bits per heavy atom. The van der Waals surface area contributed by atoms with E-state index in [0.29, 0.717) is 11.2 Å². The molecule has 106 valence electrons. The maximum Gasteiger partial charge on any atom is 0.260 e. The standard InChI is InChI=1S/C16H13FN2OS/c1-9-10(2)21-16-14(9)15(20)18-13(19-16)7-6-11-4-3-5-12(17)8-11/h3-8H,1-2H3,(H,18,19,20)/b7-6-. The topological polar surface area (TPSA) is 45.8 Å². The smallest absolute Gasteiger partial charge is 0.260 e. The number of hydrogen-bond donors (Lipinski definition) is 1. The molecule has 0 amide bonds. The molecule has 0 unspecified atom stereocenters. The fourth-order valence-corrected chi connectivity index (χ4v) is 3.17. The van der Waals surface area contributed by atoms with Crippen molar-refractivity contribution < 1.29 is 4.39 Å². The molecule has 0 radical (unpaired) electrons. The first kappa shape index (κ1) is 13.7. The molecule has 0 aliphatic carbocycles. The van der Waals surface area contributed by atoms with Gasteiger partial charge in [-0.2, -0.15) is 0 Å². The lowest BCUT2D eigenvalue weighted by molar-refractivity contribution is 0.627. The summed E-state index contributed by atoms with van der Waals surface area (Å²) in [7, 11) is 0. The summed E-state index contributed by atoms with van der Waals surface area (Å²) in [6, 6.07) is 6.24. The van der Waals surface area contributed by atoms with Crippen molar-refractivity contribution in [3.63, 3.8) is 0 Å². The van der Waals surface area contributed by atoms with E-state index in [4.69, 9.17) is 0 Å². The molecular weight excluding hydrogens is 287 g/mol. The first-order valence-corrected chi connectivity index (χ1v) is 7.30. The predicted octanol–water partition coefficient (Wildman–Crippen LogP) is 3.91. The maximum absolute atomic E-state index is 13.1. The number of thiophene rings is 1. The third-order valence-electron chi connectivity index (χ3n) is 3.34. The van der Waals surface area contributed by atoms with Gasteiger partial charge in [0.15, 0.2) is 0 Å². The van der Waals surface area contributed by atoms with Crippen LogP contribution in [-0.4, -0.2) is 9.97 Å². The Morgan fingerprint density at radius 3 is 2.86 bits per heavy atom. The fraction of sp³-hybridized carbons (Fsp3) is 0.125. The first-order valence-electron chi connectivity index (χ1n) is 6.48. The number of hydrogen-bond acceptors (Lipinski definition) is 3.